The molecule has 0 spiro atoms. The van der Waals surface area contributed by atoms with Crippen LogP contribution in [-0.2, 0) is 26.8 Å². The van der Waals surface area contributed by atoms with Crippen molar-refractivity contribution in [1.82, 2.24) is 20.0 Å². The summed E-state index contributed by atoms with van der Waals surface area (Å²) in [5.41, 5.74) is 4.73. The zero-order chi connectivity index (χ0) is 29.0. The van der Waals surface area contributed by atoms with E-state index in [2.05, 4.69) is 30.6 Å². The molecule has 212 valence electrons. The lowest BCUT2D eigenvalue weighted by Gasteiger charge is -2.24. The molecule has 0 fully saturated rings. The zero-order valence-electron chi connectivity index (χ0n) is 23.4. The van der Waals surface area contributed by atoms with E-state index >= 15 is 0 Å². The first-order valence-corrected chi connectivity index (χ1v) is 15.0. The molecule has 5 rings (SSSR count). The van der Waals surface area contributed by atoms with Gasteiger partial charge in [0.25, 0.3) is 0 Å². The second-order valence-corrected chi connectivity index (χ2v) is 12.4. The van der Waals surface area contributed by atoms with Gasteiger partial charge in [-0.05, 0) is 62.1 Å². The van der Waals surface area contributed by atoms with Crippen molar-refractivity contribution in [3.63, 3.8) is 0 Å². The molecule has 9 nitrogen and oxygen atoms in total. The lowest BCUT2D eigenvalue weighted by molar-refractivity contribution is -0.125. The standard InChI is InChI=1S/C31H34N6O3S/c1-21-7-4-8-24(17-21)31(2,3)29(38)33-19-22-11-13-23(14-12-22)27-20-34-30-36-25-9-5-10-26(18-25)41(39,40)35-16-6-15-32-28(27)37-30/h4-5,7-14,17-18,20,35H,6,15-16,19H2,1-3H3,(H,33,38)(H2,32,34,36,37). The molecule has 1 aliphatic rings. The Morgan fingerprint density at radius 2 is 1.78 bits per heavy atom. The average Bonchev–Trinajstić information content (AvgIpc) is 2.96. The third kappa shape index (κ3) is 6.55. The Hall–Kier alpha value is -4.28. The summed E-state index contributed by atoms with van der Waals surface area (Å²) in [5.74, 6) is 0.960. The van der Waals surface area contributed by atoms with Crippen molar-refractivity contribution in [2.24, 2.45) is 0 Å². The van der Waals surface area contributed by atoms with Gasteiger partial charge in [-0.15, -0.1) is 0 Å². The minimum Gasteiger partial charge on any atom is -0.369 e. The Morgan fingerprint density at radius 1 is 1.00 bits per heavy atom. The minimum atomic E-state index is -3.61. The van der Waals surface area contributed by atoms with Crippen LogP contribution in [0.5, 0.6) is 0 Å². The van der Waals surface area contributed by atoms with Gasteiger partial charge in [0, 0.05) is 37.1 Å². The van der Waals surface area contributed by atoms with Crippen LogP contribution in [0, 0.1) is 6.92 Å². The van der Waals surface area contributed by atoms with Gasteiger partial charge >= 0.3 is 0 Å². The van der Waals surface area contributed by atoms with Gasteiger partial charge in [0.15, 0.2) is 0 Å². The second kappa shape index (κ2) is 11.7. The number of carbonyl (C=O) groups excluding carboxylic acids is 1. The number of hydrogen-bond donors (Lipinski definition) is 4. The first-order chi connectivity index (χ1) is 19.6. The fourth-order valence-electron chi connectivity index (χ4n) is 4.61. The van der Waals surface area contributed by atoms with E-state index in [4.69, 9.17) is 0 Å². The van der Waals surface area contributed by atoms with Crippen LogP contribution in [-0.4, -0.2) is 37.4 Å². The van der Waals surface area contributed by atoms with E-state index < -0.39 is 15.4 Å². The molecule has 4 bridgehead atoms. The number of rotatable bonds is 5. The molecular weight excluding hydrogens is 536 g/mol. The minimum absolute atomic E-state index is 0.0352. The molecule has 0 aliphatic carbocycles. The number of fused-ring (bicyclic) bond motifs is 4. The average molecular weight is 571 g/mol. The SMILES string of the molecule is Cc1cccc(C(C)(C)C(=O)NCc2ccc(-c3cnc4nc3NCCCNS(=O)(=O)c3cccc(c3)N4)cc2)c1. The van der Waals surface area contributed by atoms with Crippen molar-refractivity contribution in [3.8, 4) is 11.1 Å². The molecule has 1 aromatic heterocycles. The Kier molecular flexibility index (Phi) is 8.05. The number of benzene rings is 3. The molecule has 4 aromatic rings. The zero-order valence-corrected chi connectivity index (χ0v) is 24.2. The van der Waals surface area contributed by atoms with Crippen LogP contribution in [0.1, 0.15) is 37.0 Å². The van der Waals surface area contributed by atoms with Gasteiger partial charge in [-0.3, -0.25) is 4.79 Å². The summed E-state index contributed by atoms with van der Waals surface area (Å²) in [5, 5.41) is 9.52. The third-order valence-electron chi connectivity index (χ3n) is 7.15. The number of anilines is 3. The number of carbonyl (C=O) groups is 1. The highest BCUT2D eigenvalue weighted by atomic mass is 32.2. The lowest BCUT2D eigenvalue weighted by atomic mass is 9.83. The molecule has 41 heavy (non-hydrogen) atoms. The molecule has 0 atom stereocenters. The molecular formula is C31H34N6O3S. The Bertz CT molecular complexity index is 1670. The largest absolute Gasteiger partial charge is 0.369 e. The molecule has 0 saturated heterocycles. The Balaban J connectivity index is 1.32. The first-order valence-electron chi connectivity index (χ1n) is 13.5. The molecule has 10 heteroatoms. The highest BCUT2D eigenvalue weighted by Crippen LogP contribution is 2.29. The smallest absolute Gasteiger partial charge is 0.240 e. The van der Waals surface area contributed by atoms with Gasteiger partial charge in [0.1, 0.15) is 5.82 Å². The number of amides is 1. The fourth-order valence-corrected chi connectivity index (χ4v) is 5.73. The fraction of sp³-hybridized carbons (Fsp3) is 0.258. The predicted octanol–water partition coefficient (Wildman–Crippen LogP) is 4.88. The van der Waals surface area contributed by atoms with Gasteiger partial charge in [0.05, 0.1) is 10.3 Å². The molecule has 2 heterocycles. The topological polar surface area (TPSA) is 125 Å². The number of aryl methyl sites for hydroxylation is 1. The number of aromatic nitrogens is 2. The van der Waals surface area contributed by atoms with Crippen LogP contribution in [0.15, 0.2) is 83.9 Å². The van der Waals surface area contributed by atoms with Crippen molar-refractivity contribution in [1.29, 1.82) is 0 Å². The second-order valence-electron chi connectivity index (χ2n) is 10.7. The van der Waals surface area contributed by atoms with Crippen LogP contribution in [0.4, 0.5) is 17.5 Å². The van der Waals surface area contributed by atoms with E-state index in [0.717, 1.165) is 27.8 Å². The molecule has 4 N–H and O–H groups in total. The van der Waals surface area contributed by atoms with Gasteiger partial charge in [-0.1, -0.05) is 60.2 Å². The quantitative estimate of drug-likeness (QED) is 0.269. The highest BCUT2D eigenvalue weighted by Gasteiger charge is 2.29. The van der Waals surface area contributed by atoms with Crippen molar-refractivity contribution in [2.75, 3.05) is 23.7 Å². The molecule has 0 radical (unpaired) electrons. The monoisotopic (exact) mass is 570 g/mol. The van der Waals surface area contributed by atoms with Crippen LogP contribution in [0.3, 0.4) is 0 Å². The number of hydrogen-bond acceptors (Lipinski definition) is 7. The van der Waals surface area contributed by atoms with E-state index in [9.17, 15) is 13.2 Å². The molecule has 3 aromatic carbocycles. The van der Waals surface area contributed by atoms with Crippen LogP contribution >= 0.6 is 0 Å². The third-order valence-corrected chi connectivity index (χ3v) is 8.61. The van der Waals surface area contributed by atoms with E-state index in [1.54, 1.807) is 30.5 Å². The molecule has 1 amide bonds. The first kappa shape index (κ1) is 28.3. The number of nitrogens with one attached hydrogen (secondary N) is 4. The van der Waals surface area contributed by atoms with E-state index in [1.165, 1.54) is 0 Å². The molecule has 1 aliphatic heterocycles. The maximum atomic E-state index is 13.1. The van der Waals surface area contributed by atoms with Crippen molar-refractivity contribution in [3.05, 3.63) is 95.7 Å². The number of nitrogens with zero attached hydrogens (tertiary/aromatic N) is 2. The summed E-state index contributed by atoms with van der Waals surface area (Å²) in [7, 11) is -3.61. The summed E-state index contributed by atoms with van der Waals surface area (Å²) < 4.78 is 27.9. The maximum Gasteiger partial charge on any atom is 0.240 e. The summed E-state index contributed by atoms with van der Waals surface area (Å²) >= 11 is 0. The van der Waals surface area contributed by atoms with E-state index in [0.29, 0.717) is 43.5 Å². The van der Waals surface area contributed by atoms with Gasteiger partial charge in [0.2, 0.25) is 21.9 Å². The van der Waals surface area contributed by atoms with Gasteiger partial charge in [-0.25, -0.2) is 18.1 Å². The summed E-state index contributed by atoms with van der Waals surface area (Å²) in [4.78, 5) is 22.4. The van der Waals surface area contributed by atoms with Gasteiger partial charge in [-0.2, -0.15) is 4.98 Å². The normalized spacial score (nSPS) is 14.8. The van der Waals surface area contributed by atoms with Crippen LogP contribution in [0.2, 0.25) is 0 Å². The van der Waals surface area contributed by atoms with E-state index in [-0.39, 0.29) is 10.8 Å². The summed E-state index contributed by atoms with van der Waals surface area (Å²) in [6.45, 7) is 7.11. The van der Waals surface area contributed by atoms with Crippen molar-refractivity contribution >= 4 is 33.4 Å². The molecule has 0 saturated carbocycles. The van der Waals surface area contributed by atoms with Crippen molar-refractivity contribution < 1.29 is 13.2 Å². The summed E-state index contributed by atoms with van der Waals surface area (Å²) in [6.07, 6.45) is 2.32. The predicted molar refractivity (Wildman–Crippen MR) is 162 cm³/mol. The van der Waals surface area contributed by atoms with Gasteiger partial charge < -0.3 is 16.0 Å². The van der Waals surface area contributed by atoms with Crippen molar-refractivity contribution in [2.45, 2.75) is 44.0 Å². The Labute approximate surface area is 240 Å². The lowest BCUT2D eigenvalue weighted by Crippen LogP contribution is -2.39. The summed E-state index contributed by atoms with van der Waals surface area (Å²) in [6, 6.07) is 22.5. The number of sulfonamides is 1. The maximum absolute atomic E-state index is 13.1. The van der Waals surface area contributed by atoms with Crippen LogP contribution in [0.25, 0.3) is 11.1 Å². The Morgan fingerprint density at radius 3 is 2.56 bits per heavy atom. The van der Waals surface area contributed by atoms with Crippen LogP contribution < -0.4 is 20.7 Å². The van der Waals surface area contributed by atoms with E-state index in [1.807, 2.05) is 69.3 Å². The molecule has 0 unspecified atom stereocenters. The highest BCUT2D eigenvalue weighted by molar-refractivity contribution is 7.89.